The Kier molecular flexibility index (Phi) is 4.07. The zero-order chi connectivity index (χ0) is 10.7. The molecular formula is C14H27N. The van der Waals surface area contributed by atoms with Crippen LogP contribution in [0.4, 0.5) is 0 Å². The van der Waals surface area contributed by atoms with Crippen molar-refractivity contribution in [1.82, 2.24) is 5.32 Å². The fourth-order valence-corrected chi connectivity index (χ4v) is 3.44. The first-order valence-electron chi connectivity index (χ1n) is 7.08. The normalized spacial score (nSPS) is 31.4. The summed E-state index contributed by atoms with van der Waals surface area (Å²) in [7, 11) is 0. The molecule has 0 radical (unpaired) electrons. The Hall–Kier alpha value is -0.0400. The number of rotatable bonds is 6. The van der Waals surface area contributed by atoms with E-state index in [1.165, 1.54) is 51.5 Å². The summed E-state index contributed by atoms with van der Waals surface area (Å²) in [6.07, 6.45) is 10.1. The standard InChI is InChI=1S/C14H27N/c1-3-11(4-2)14-7-5-6-12(14)10-15-13-8-9-13/h11-15H,3-10H2,1-2H3. The highest BCUT2D eigenvalue weighted by Crippen LogP contribution is 2.39. The van der Waals surface area contributed by atoms with Crippen molar-refractivity contribution in [3.05, 3.63) is 0 Å². The second-order valence-corrected chi connectivity index (χ2v) is 5.61. The maximum absolute atomic E-state index is 3.73. The van der Waals surface area contributed by atoms with Gasteiger partial charge in [-0.25, -0.2) is 0 Å². The largest absolute Gasteiger partial charge is 0.314 e. The van der Waals surface area contributed by atoms with Gasteiger partial charge in [0, 0.05) is 6.04 Å². The van der Waals surface area contributed by atoms with Gasteiger partial charge in [-0.2, -0.15) is 0 Å². The van der Waals surface area contributed by atoms with Crippen LogP contribution in [-0.4, -0.2) is 12.6 Å². The molecule has 0 aromatic rings. The molecule has 2 unspecified atom stereocenters. The second-order valence-electron chi connectivity index (χ2n) is 5.61. The molecule has 0 heterocycles. The highest BCUT2D eigenvalue weighted by atomic mass is 14.9. The van der Waals surface area contributed by atoms with Crippen LogP contribution < -0.4 is 5.32 Å². The Balaban J connectivity index is 1.79. The summed E-state index contributed by atoms with van der Waals surface area (Å²) >= 11 is 0. The van der Waals surface area contributed by atoms with Crippen molar-refractivity contribution in [3.8, 4) is 0 Å². The van der Waals surface area contributed by atoms with Crippen molar-refractivity contribution in [3.63, 3.8) is 0 Å². The van der Waals surface area contributed by atoms with Crippen LogP contribution in [-0.2, 0) is 0 Å². The van der Waals surface area contributed by atoms with Crippen LogP contribution >= 0.6 is 0 Å². The van der Waals surface area contributed by atoms with E-state index in [-0.39, 0.29) is 0 Å². The molecule has 0 aromatic heterocycles. The van der Waals surface area contributed by atoms with Gasteiger partial charge in [0.2, 0.25) is 0 Å². The van der Waals surface area contributed by atoms with Crippen molar-refractivity contribution in [1.29, 1.82) is 0 Å². The highest BCUT2D eigenvalue weighted by molar-refractivity contribution is 4.87. The first kappa shape index (κ1) is 11.4. The van der Waals surface area contributed by atoms with Crippen molar-refractivity contribution >= 4 is 0 Å². The number of hydrogen-bond acceptors (Lipinski definition) is 1. The summed E-state index contributed by atoms with van der Waals surface area (Å²) in [6.45, 7) is 6.06. The zero-order valence-electron chi connectivity index (χ0n) is 10.5. The minimum Gasteiger partial charge on any atom is -0.314 e. The average Bonchev–Trinajstić information content (AvgIpc) is 2.98. The molecule has 2 fully saturated rings. The van der Waals surface area contributed by atoms with Gasteiger partial charge in [-0.15, -0.1) is 0 Å². The molecule has 1 heteroatoms. The van der Waals surface area contributed by atoms with E-state index in [4.69, 9.17) is 0 Å². The van der Waals surface area contributed by atoms with Gasteiger partial charge in [-0.05, 0) is 50.0 Å². The Labute approximate surface area is 95.0 Å². The summed E-state index contributed by atoms with van der Waals surface area (Å²) in [4.78, 5) is 0. The van der Waals surface area contributed by atoms with Crippen molar-refractivity contribution in [2.24, 2.45) is 17.8 Å². The Bertz CT molecular complexity index is 182. The molecule has 88 valence electrons. The molecule has 0 bridgehead atoms. The molecule has 2 saturated carbocycles. The van der Waals surface area contributed by atoms with E-state index < -0.39 is 0 Å². The molecule has 1 nitrogen and oxygen atoms in total. The lowest BCUT2D eigenvalue weighted by atomic mass is 9.81. The van der Waals surface area contributed by atoms with E-state index >= 15 is 0 Å². The van der Waals surface area contributed by atoms with Crippen LogP contribution in [0.5, 0.6) is 0 Å². The summed E-state index contributed by atoms with van der Waals surface area (Å²) in [5, 5.41) is 3.73. The third-order valence-electron chi connectivity index (χ3n) is 4.62. The first-order valence-corrected chi connectivity index (χ1v) is 7.08. The molecule has 0 saturated heterocycles. The third-order valence-corrected chi connectivity index (χ3v) is 4.62. The minimum absolute atomic E-state index is 0.896. The molecule has 2 atom stereocenters. The zero-order valence-corrected chi connectivity index (χ0v) is 10.5. The smallest absolute Gasteiger partial charge is 0.00683 e. The van der Waals surface area contributed by atoms with Gasteiger partial charge in [0.25, 0.3) is 0 Å². The van der Waals surface area contributed by atoms with Gasteiger partial charge in [-0.1, -0.05) is 33.1 Å². The van der Waals surface area contributed by atoms with Crippen LogP contribution in [0, 0.1) is 17.8 Å². The van der Waals surface area contributed by atoms with Crippen LogP contribution in [0.2, 0.25) is 0 Å². The monoisotopic (exact) mass is 209 g/mol. The predicted octanol–water partition coefficient (Wildman–Crippen LogP) is 3.59. The fourth-order valence-electron chi connectivity index (χ4n) is 3.44. The van der Waals surface area contributed by atoms with Crippen LogP contribution in [0.15, 0.2) is 0 Å². The molecule has 0 amide bonds. The molecule has 1 N–H and O–H groups in total. The van der Waals surface area contributed by atoms with Crippen molar-refractivity contribution in [2.45, 2.75) is 64.8 Å². The molecule has 2 aliphatic carbocycles. The van der Waals surface area contributed by atoms with Gasteiger partial charge >= 0.3 is 0 Å². The van der Waals surface area contributed by atoms with Crippen LogP contribution in [0.25, 0.3) is 0 Å². The molecule has 0 aliphatic heterocycles. The van der Waals surface area contributed by atoms with E-state index in [0.29, 0.717) is 0 Å². The van der Waals surface area contributed by atoms with Crippen molar-refractivity contribution < 1.29 is 0 Å². The first-order chi connectivity index (χ1) is 7.35. The van der Waals surface area contributed by atoms with Crippen LogP contribution in [0.3, 0.4) is 0 Å². The second kappa shape index (κ2) is 5.34. The summed E-state index contributed by atoms with van der Waals surface area (Å²) in [5.41, 5.74) is 0. The van der Waals surface area contributed by atoms with Gasteiger partial charge < -0.3 is 5.32 Å². The minimum atomic E-state index is 0.896. The van der Waals surface area contributed by atoms with Crippen LogP contribution in [0.1, 0.15) is 58.8 Å². The number of nitrogens with one attached hydrogen (secondary N) is 1. The van der Waals surface area contributed by atoms with E-state index in [1.807, 2.05) is 0 Å². The summed E-state index contributed by atoms with van der Waals surface area (Å²) < 4.78 is 0. The summed E-state index contributed by atoms with van der Waals surface area (Å²) in [5.74, 6) is 3.03. The highest BCUT2D eigenvalue weighted by Gasteiger charge is 2.32. The summed E-state index contributed by atoms with van der Waals surface area (Å²) in [6, 6.07) is 0.896. The molecule has 2 rings (SSSR count). The fraction of sp³-hybridized carbons (Fsp3) is 1.00. The van der Waals surface area contributed by atoms with Gasteiger partial charge in [0.15, 0.2) is 0 Å². The molecule has 0 aromatic carbocycles. The molecule has 0 spiro atoms. The number of hydrogen-bond donors (Lipinski definition) is 1. The van der Waals surface area contributed by atoms with Crippen molar-refractivity contribution in [2.75, 3.05) is 6.54 Å². The Morgan fingerprint density at radius 1 is 1.07 bits per heavy atom. The Morgan fingerprint density at radius 3 is 2.40 bits per heavy atom. The Morgan fingerprint density at radius 2 is 1.80 bits per heavy atom. The quantitative estimate of drug-likeness (QED) is 0.705. The van der Waals surface area contributed by atoms with E-state index in [2.05, 4.69) is 19.2 Å². The van der Waals surface area contributed by atoms with E-state index in [9.17, 15) is 0 Å². The van der Waals surface area contributed by atoms with E-state index in [0.717, 1.165) is 23.8 Å². The topological polar surface area (TPSA) is 12.0 Å². The molecule has 2 aliphatic rings. The van der Waals surface area contributed by atoms with Gasteiger partial charge in [0.05, 0.1) is 0 Å². The van der Waals surface area contributed by atoms with Gasteiger partial charge in [0.1, 0.15) is 0 Å². The maximum atomic E-state index is 3.73. The average molecular weight is 209 g/mol. The predicted molar refractivity (Wildman–Crippen MR) is 65.9 cm³/mol. The lowest BCUT2D eigenvalue weighted by Crippen LogP contribution is -2.29. The molecular weight excluding hydrogens is 182 g/mol. The molecule has 15 heavy (non-hydrogen) atoms. The lowest BCUT2D eigenvalue weighted by molar-refractivity contribution is 0.240. The third kappa shape index (κ3) is 2.96. The lowest BCUT2D eigenvalue weighted by Gasteiger charge is -2.27. The van der Waals surface area contributed by atoms with Gasteiger partial charge in [-0.3, -0.25) is 0 Å². The maximum Gasteiger partial charge on any atom is 0.00683 e. The SMILES string of the molecule is CCC(CC)C1CCCC1CNC1CC1. The van der Waals surface area contributed by atoms with E-state index in [1.54, 1.807) is 0 Å².